The van der Waals surface area contributed by atoms with Crippen LogP contribution in [0, 0.1) is 18.3 Å². The Morgan fingerprint density at radius 1 is 0.942 bits per heavy atom. The first-order valence-corrected chi connectivity index (χ1v) is 18.5. The zero-order valence-electron chi connectivity index (χ0n) is 31.4. The normalized spacial score (nSPS) is 14.3. The largest absolute Gasteiger partial charge is 0.418 e. The van der Waals surface area contributed by atoms with Gasteiger partial charge in [-0.1, -0.05) is 52.3 Å². The summed E-state index contributed by atoms with van der Waals surface area (Å²) in [6, 6.07) is 9.55. The molecule has 0 spiro atoms. The summed E-state index contributed by atoms with van der Waals surface area (Å²) in [4.78, 5) is 42.2. The van der Waals surface area contributed by atoms with Crippen LogP contribution in [0.15, 0.2) is 57.8 Å². The number of benzene rings is 2. The second-order valence-corrected chi connectivity index (χ2v) is 16.3. The van der Waals surface area contributed by atoms with Gasteiger partial charge >= 0.3 is 0 Å². The van der Waals surface area contributed by atoms with Gasteiger partial charge in [-0.3, -0.25) is 14.4 Å². The molecule has 16 heteroatoms. The van der Waals surface area contributed by atoms with E-state index >= 15 is 0 Å². The smallest absolute Gasteiger partial charge is 0.247 e. The van der Waals surface area contributed by atoms with Crippen LogP contribution >= 0.6 is 0 Å². The number of aromatic nitrogens is 2. The lowest BCUT2D eigenvalue weighted by atomic mass is 9.97. The van der Waals surface area contributed by atoms with Crippen molar-refractivity contribution in [2.75, 3.05) is 39.3 Å². The first-order valence-electron chi connectivity index (χ1n) is 17.0. The summed E-state index contributed by atoms with van der Waals surface area (Å²) in [5, 5.41) is 27.5. The number of hydrogen-bond donors (Lipinski definition) is 5. The molecule has 3 aromatic rings. The molecule has 3 amide bonds. The summed E-state index contributed by atoms with van der Waals surface area (Å²) in [5.41, 5.74) is 2.18. The van der Waals surface area contributed by atoms with E-state index in [9.17, 15) is 27.9 Å². The van der Waals surface area contributed by atoms with Crippen molar-refractivity contribution in [2.24, 2.45) is 11.3 Å². The number of sulfonamides is 1. The summed E-state index contributed by atoms with van der Waals surface area (Å²) < 4.78 is 40.0. The van der Waals surface area contributed by atoms with E-state index in [4.69, 9.17) is 9.15 Å². The van der Waals surface area contributed by atoms with Gasteiger partial charge in [0.05, 0.1) is 24.0 Å². The Bertz CT molecular complexity index is 1740. The minimum Gasteiger partial charge on any atom is -0.418 e. The minimum absolute atomic E-state index is 0.00329. The quantitative estimate of drug-likeness (QED) is 0.128. The highest BCUT2D eigenvalue weighted by Crippen LogP contribution is 2.26. The predicted molar refractivity (Wildman–Crippen MR) is 197 cm³/mol. The molecule has 5 N–H and O–H groups in total. The van der Waals surface area contributed by atoms with Gasteiger partial charge in [-0.2, -0.15) is 4.72 Å². The Hall–Kier alpha value is -4.38. The Morgan fingerprint density at radius 2 is 1.56 bits per heavy atom. The average Bonchev–Trinajstić information content (AvgIpc) is 3.56. The van der Waals surface area contributed by atoms with Gasteiger partial charge in [0, 0.05) is 39.0 Å². The van der Waals surface area contributed by atoms with E-state index < -0.39 is 58.4 Å². The van der Waals surface area contributed by atoms with Gasteiger partial charge in [-0.05, 0) is 61.1 Å². The van der Waals surface area contributed by atoms with Crippen molar-refractivity contribution in [3.8, 4) is 11.5 Å². The Morgan fingerprint density at radius 3 is 2.12 bits per heavy atom. The third-order valence-electron chi connectivity index (χ3n) is 7.88. The number of aliphatic hydroxyl groups excluding tert-OH is 1. The van der Waals surface area contributed by atoms with Gasteiger partial charge in [0.2, 0.25) is 39.5 Å². The molecule has 0 aliphatic heterocycles. The van der Waals surface area contributed by atoms with Crippen LogP contribution < -0.4 is 25.6 Å². The average molecular weight is 744 g/mol. The number of rotatable bonds is 18. The van der Waals surface area contributed by atoms with Crippen molar-refractivity contribution in [3.63, 3.8) is 0 Å². The molecule has 1 unspecified atom stereocenters. The van der Waals surface area contributed by atoms with Crippen LogP contribution in [0.25, 0.3) is 11.5 Å². The molecular formula is C36H53N7O8S. The molecule has 15 nitrogen and oxygen atoms in total. The van der Waals surface area contributed by atoms with Crippen LogP contribution in [-0.2, 0) is 29.1 Å². The molecule has 0 fully saturated rings. The predicted octanol–water partition coefficient (Wildman–Crippen LogP) is 2.71. The lowest BCUT2D eigenvalue weighted by molar-refractivity contribution is -0.133. The first kappa shape index (κ1) is 42.0. The molecule has 1 aromatic heterocycles. The monoisotopic (exact) mass is 743 g/mol. The molecule has 0 saturated heterocycles. The third-order valence-corrected chi connectivity index (χ3v) is 9.36. The van der Waals surface area contributed by atoms with E-state index in [0.717, 1.165) is 11.3 Å². The lowest BCUT2D eigenvalue weighted by Crippen LogP contribution is -2.57. The molecule has 2 aromatic carbocycles. The fourth-order valence-corrected chi connectivity index (χ4v) is 6.20. The van der Waals surface area contributed by atoms with Gasteiger partial charge in [0.1, 0.15) is 12.1 Å². The molecule has 0 aliphatic carbocycles. The molecule has 52 heavy (non-hydrogen) atoms. The van der Waals surface area contributed by atoms with Gasteiger partial charge in [0.25, 0.3) is 0 Å². The number of amides is 3. The van der Waals surface area contributed by atoms with E-state index in [1.807, 2.05) is 77.9 Å². The van der Waals surface area contributed by atoms with Crippen LogP contribution in [0.2, 0.25) is 0 Å². The van der Waals surface area contributed by atoms with E-state index in [2.05, 4.69) is 30.9 Å². The number of carbonyl (C=O) groups excluding carboxylic acids is 3. The summed E-state index contributed by atoms with van der Waals surface area (Å²) >= 11 is 0. The minimum atomic E-state index is -4.26. The number of anilines is 1. The summed E-state index contributed by atoms with van der Waals surface area (Å²) in [7, 11) is 0.908. The van der Waals surface area contributed by atoms with Crippen LogP contribution in [-0.4, -0.2) is 93.9 Å². The van der Waals surface area contributed by atoms with E-state index in [1.54, 1.807) is 19.1 Å². The van der Waals surface area contributed by atoms with Crippen molar-refractivity contribution >= 4 is 33.4 Å². The summed E-state index contributed by atoms with van der Waals surface area (Å²) in [6.45, 7) is 11.3. The third kappa shape index (κ3) is 12.7. The van der Waals surface area contributed by atoms with E-state index in [0.29, 0.717) is 12.0 Å². The second kappa shape index (κ2) is 18.4. The second-order valence-electron chi connectivity index (χ2n) is 14.6. The Labute approximate surface area is 306 Å². The van der Waals surface area contributed by atoms with Crippen molar-refractivity contribution in [1.29, 1.82) is 0 Å². The molecule has 0 aliphatic rings. The molecule has 286 valence electrons. The highest BCUT2D eigenvalue weighted by Gasteiger charge is 2.34. The van der Waals surface area contributed by atoms with Gasteiger partial charge < -0.3 is 35.1 Å². The number of nitrogens with one attached hydrogen (secondary N) is 4. The zero-order valence-corrected chi connectivity index (χ0v) is 32.2. The molecular weight excluding hydrogens is 691 g/mol. The standard InChI is InChI=1S/C36H53N7O8S/c1-22(2)18-27(31(45)35-41-40-34(51-35)24-12-14-25(15-13-24)43(7)8)38-33(47)29(20-50-9)39-32(46)28(19-30(44)37-21-36(4,5)6)42-52(48,49)26-16-10-23(3)11-17-26/h10-17,22,27-29,31,42,45H,18-21H2,1-9H3,(H,37,44)(H,38,47)(H,39,46)/t27-,28-,29-,31?/m0/s1. The van der Waals surface area contributed by atoms with Crippen LogP contribution in [0.3, 0.4) is 0 Å². The van der Waals surface area contributed by atoms with Gasteiger partial charge in [0.15, 0.2) is 6.10 Å². The highest BCUT2D eigenvalue weighted by atomic mass is 32.2. The van der Waals surface area contributed by atoms with Crippen LogP contribution in [0.5, 0.6) is 0 Å². The molecule has 1 heterocycles. The van der Waals surface area contributed by atoms with Gasteiger partial charge in [-0.15, -0.1) is 10.2 Å². The number of hydrogen-bond acceptors (Lipinski definition) is 11. The number of aryl methyl sites for hydroxylation is 1. The topological polar surface area (TPSA) is 205 Å². The molecule has 0 bridgehead atoms. The summed E-state index contributed by atoms with van der Waals surface area (Å²) in [5.74, 6) is -2.15. The van der Waals surface area contributed by atoms with Crippen molar-refractivity contribution in [1.82, 2.24) is 30.9 Å². The highest BCUT2D eigenvalue weighted by molar-refractivity contribution is 7.89. The van der Waals surface area contributed by atoms with Crippen molar-refractivity contribution in [3.05, 3.63) is 60.0 Å². The maximum Gasteiger partial charge on any atom is 0.247 e. The fourth-order valence-electron chi connectivity index (χ4n) is 5.01. The van der Waals surface area contributed by atoms with Crippen LogP contribution in [0.4, 0.5) is 5.69 Å². The Kier molecular flexibility index (Phi) is 14.9. The number of ether oxygens (including phenoxy) is 1. The number of aliphatic hydroxyl groups is 1. The number of nitrogens with zero attached hydrogens (tertiary/aromatic N) is 3. The van der Waals surface area contributed by atoms with Crippen molar-refractivity contribution in [2.45, 2.75) is 83.5 Å². The number of carbonyl (C=O) groups is 3. The fraction of sp³-hybridized carbons (Fsp3) is 0.528. The van der Waals surface area contributed by atoms with Crippen molar-refractivity contribution < 1.29 is 37.1 Å². The molecule has 0 radical (unpaired) electrons. The van der Waals surface area contributed by atoms with E-state index in [1.165, 1.54) is 19.2 Å². The maximum atomic E-state index is 13.7. The lowest BCUT2D eigenvalue weighted by Gasteiger charge is -2.27. The first-order chi connectivity index (χ1) is 24.3. The maximum absolute atomic E-state index is 13.7. The molecule has 0 saturated carbocycles. The SMILES string of the molecule is COC[C@H](NC(=O)[C@H](CC(=O)NCC(C)(C)C)NS(=O)(=O)c1ccc(C)cc1)C(=O)N[C@@H](CC(C)C)C(O)c1nnc(-c2ccc(N(C)C)cc2)o1. The summed E-state index contributed by atoms with van der Waals surface area (Å²) in [6.07, 6.45) is -1.66. The Balaban J connectivity index is 1.82. The van der Waals surface area contributed by atoms with E-state index in [-0.39, 0.29) is 41.2 Å². The number of methoxy groups -OCH3 is 1. The van der Waals surface area contributed by atoms with Gasteiger partial charge in [-0.25, -0.2) is 8.42 Å². The zero-order chi connectivity index (χ0) is 38.8. The molecule has 3 rings (SSSR count). The van der Waals surface area contributed by atoms with Crippen LogP contribution in [0.1, 0.15) is 65.0 Å². The molecule has 4 atom stereocenters.